The van der Waals surface area contributed by atoms with Crippen molar-refractivity contribution in [2.45, 2.75) is 6.10 Å². The molecule has 1 aromatic rings. The molecular formula is C7H9N3O2. The Bertz CT molecular complexity index is 307. The van der Waals surface area contributed by atoms with Gasteiger partial charge in [0.2, 0.25) is 5.88 Å². The van der Waals surface area contributed by atoms with Crippen molar-refractivity contribution in [1.29, 1.82) is 0 Å². The quantitative estimate of drug-likeness (QED) is 0.536. The molecule has 5 heteroatoms. The van der Waals surface area contributed by atoms with Gasteiger partial charge in [-0.1, -0.05) is 0 Å². The molecule has 0 saturated heterocycles. The standard InChI is InChI=1S/C7H9N3O2/c8-3-5-6(11)10-4-1-2-9-7(4)12-5/h1-2,5,9H,3,8H2,(H,10,11). The maximum absolute atomic E-state index is 11.2. The van der Waals surface area contributed by atoms with Crippen molar-refractivity contribution in [3.8, 4) is 5.88 Å². The lowest BCUT2D eigenvalue weighted by Gasteiger charge is -2.21. The van der Waals surface area contributed by atoms with Crippen LogP contribution in [0.1, 0.15) is 0 Å². The predicted octanol–water partition coefficient (Wildman–Crippen LogP) is -0.327. The molecule has 1 aliphatic rings. The zero-order chi connectivity index (χ0) is 8.55. The molecule has 4 N–H and O–H groups in total. The largest absolute Gasteiger partial charge is 0.463 e. The molecule has 2 rings (SSSR count). The van der Waals surface area contributed by atoms with Crippen molar-refractivity contribution in [2.24, 2.45) is 5.73 Å². The second kappa shape index (κ2) is 2.53. The number of nitrogens with two attached hydrogens (primary N) is 1. The third kappa shape index (κ3) is 0.947. The molecule has 1 amide bonds. The van der Waals surface area contributed by atoms with Gasteiger partial charge in [0, 0.05) is 12.7 Å². The molecule has 1 aromatic heterocycles. The van der Waals surface area contributed by atoms with Gasteiger partial charge in [0.1, 0.15) is 5.69 Å². The first-order chi connectivity index (χ1) is 5.81. The zero-order valence-electron chi connectivity index (χ0n) is 6.33. The van der Waals surface area contributed by atoms with E-state index in [4.69, 9.17) is 10.5 Å². The number of carbonyl (C=O) groups is 1. The Morgan fingerprint density at radius 1 is 1.67 bits per heavy atom. The molecule has 0 saturated carbocycles. The minimum atomic E-state index is -0.573. The SMILES string of the molecule is NCC1Oc2[nH]ccc2NC1=O. The molecule has 0 aliphatic carbocycles. The van der Waals surface area contributed by atoms with Crippen LogP contribution >= 0.6 is 0 Å². The smallest absolute Gasteiger partial charge is 0.266 e. The van der Waals surface area contributed by atoms with Crippen LogP contribution in [0.5, 0.6) is 5.88 Å². The van der Waals surface area contributed by atoms with Gasteiger partial charge in [0.05, 0.1) is 0 Å². The number of hydrogen-bond donors (Lipinski definition) is 3. The summed E-state index contributed by atoms with van der Waals surface area (Å²) < 4.78 is 5.24. The van der Waals surface area contributed by atoms with Crippen molar-refractivity contribution in [3.05, 3.63) is 12.3 Å². The summed E-state index contributed by atoms with van der Waals surface area (Å²) in [4.78, 5) is 14.0. The normalized spacial score (nSPS) is 21.1. The van der Waals surface area contributed by atoms with Gasteiger partial charge in [-0.15, -0.1) is 0 Å². The Balaban J connectivity index is 2.29. The van der Waals surface area contributed by atoms with Gasteiger partial charge in [0.25, 0.3) is 5.91 Å². The van der Waals surface area contributed by atoms with Gasteiger partial charge >= 0.3 is 0 Å². The molecule has 2 heterocycles. The monoisotopic (exact) mass is 167 g/mol. The van der Waals surface area contributed by atoms with E-state index in [9.17, 15) is 4.79 Å². The highest BCUT2D eigenvalue weighted by molar-refractivity contribution is 5.97. The van der Waals surface area contributed by atoms with Crippen LogP contribution in [0.2, 0.25) is 0 Å². The molecule has 0 bridgehead atoms. The molecule has 0 radical (unpaired) electrons. The van der Waals surface area contributed by atoms with E-state index < -0.39 is 6.10 Å². The van der Waals surface area contributed by atoms with Crippen molar-refractivity contribution in [3.63, 3.8) is 0 Å². The second-order valence-corrected chi connectivity index (χ2v) is 2.55. The second-order valence-electron chi connectivity index (χ2n) is 2.55. The Hall–Kier alpha value is -1.49. The number of rotatable bonds is 1. The van der Waals surface area contributed by atoms with Gasteiger partial charge in [0.15, 0.2) is 6.10 Å². The Labute approximate surface area is 68.9 Å². The highest BCUT2D eigenvalue weighted by Crippen LogP contribution is 2.26. The van der Waals surface area contributed by atoms with E-state index in [0.717, 1.165) is 0 Å². The van der Waals surface area contributed by atoms with Crippen LogP contribution in [-0.4, -0.2) is 23.5 Å². The van der Waals surface area contributed by atoms with Crippen molar-refractivity contribution in [1.82, 2.24) is 4.98 Å². The lowest BCUT2D eigenvalue weighted by molar-refractivity contribution is -0.123. The van der Waals surface area contributed by atoms with E-state index in [1.54, 1.807) is 12.3 Å². The maximum Gasteiger partial charge on any atom is 0.266 e. The van der Waals surface area contributed by atoms with Crippen LogP contribution in [0.4, 0.5) is 5.69 Å². The first-order valence-corrected chi connectivity index (χ1v) is 3.66. The molecule has 5 nitrogen and oxygen atoms in total. The fourth-order valence-electron chi connectivity index (χ4n) is 1.11. The topological polar surface area (TPSA) is 80.1 Å². The summed E-state index contributed by atoms with van der Waals surface area (Å²) in [5, 5.41) is 2.67. The van der Waals surface area contributed by atoms with E-state index in [-0.39, 0.29) is 12.5 Å². The number of amides is 1. The van der Waals surface area contributed by atoms with E-state index in [1.165, 1.54) is 0 Å². The van der Waals surface area contributed by atoms with Crippen molar-refractivity contribution in [2.75, 3.05) is 11.9 Å². The third-order valence-corrected chi connectivity index (χ3v) is 1.73. The third-order valence-electron chi connectivity index (χ3n) is 1.73. The number of aromatic amines is 1. The number of fused-ring (bicyclic) bond motifs is 1. The number of H-pyrrole nitrogens is 1. The number of carbonyl (C=O) groups excluding carboxylic acids is 1. The highest BCUT2D eigenvalue weighted by atomic mass is 16.5. The molecule has 0 fully saturated rings. The molecule has 0 spiro atoms. The van der Waals surface area contributed by atoms with Crippen LogP contribution in [0, 0.1) is 0 Å². The van der Waals surface area contributed by atoms with E-state index in [1.807, 2.05) is 0 Å². The van der Waals surface area contributed by atoms with Crippen molar-refractivity contribution < 1.29 is 9.53 Å². The fraction of sp³-hybridized carbons (Fsp3) is 0.286. The summed E-state index contributed by atoms with van der Waals surface area (Å²) in [5.74, 6) is 0.384. The summed E-state index contributed by atoms with van der Waals surface area (Å²) >= 11 is 0. The fourth-order valence-corrected chi connectivity index (χ4v) is 1.11. The Morgan fingerprint density at radius 3 is 3.25 bits per heavy atom. The van der Waals surface area contributed by atoms with E-state index >= 15 is 0 Å². The number of nitrogens with one attached hydrogen (secondary N) is 2. The summed E-state index contributed by atoms with van der Waals surface area (Å²) in [6.45, 7) is 0.185. The average Bonchev–Trinajstić information content (AvgIpc) is 2.49. The Morgan fingerprint density at radius 2 is 2.50 bits per heavy atom. The van der Waals surface area contributed by atoms with Gasteiger partial charge in [-0.3, -0.25) is 4.79 Å². The lowest BCUT2D eigenvalue weighted by Crippen LogP contribution is -2.42. The summed E-state index contributed by atoms with van der Waals surface area (Å²) in [5.41, 5.74) is 5.99. The zero-order valence-corrected chi connectivity index (χ0v) is 6.33. The molecular weight excluding hydrogens is 158 g/mol. The number of aromatic nitrogens is 1. The number of anilines is 1. The van der Waals surface area contributed by atoms with Gasteiger partial charge in [-0.2, -0.15) is 0 Å². The maximum atomic E-state index is 11.2. The van der Waals surface area contributed by atoms with Crippen molar-refractivity contribution >= 4 is 11.6 Å². The molecule has 12 heavy (non-hydrogen) atoms. The van der Waals surface area contributed by atoms with Gasteiger partial charge < -0.3 is 20.8 Å². The van der Waals surface area contributed by atoms with Crippen LogP contribution in [0.15, 0.2) is 12.3 Å². The Kier molecular flexibility index (Phi) is 1.51. The number of hydrogen-bond acceptors (Lipinski definition) is 3. The molecule has 64 valence electrons. The highest BCUT2D eigenvalue weighted by Gasteiger charge is 2.26. The predicted molar refractivity (Wildman–Crippen MR) is 42.9 cm³/mol. The first kappa shape index (κ1) is 7.17. The van der Waals surface area contributed by atoms with Gasteiger partial charge in [-0.25, -0.2) is 0 Å². The van der Waals surface area contributed by atoms with E-state index in [0.29, 0.717) is 11.6 Å². The summed E-state index contributed by atoms with van der Waals surface area (Å²) in [6.07, 6.45) is 1.13. The van der Waals surface area contributed by atoms with Crippen LogP contribution < -0.4 is 15.8 Å². The van der Waals surface area contributed by atoms with Gasteiger partial charge in [-0.05, 0) is 6.07 Å². The minimum Gasteiger partial charge on any atom is -0.463 e. The molecule has 1 aliphatic heterocycles. The minimum absolute atomic E-state index is 0.185. The average molecular weight is 167 g/mol. The molecule has 1 unspecified atom stereocenters. The van der Waals surface area contributed by atoms with Crippen LogP contribution in [-0.2, 0) is 4.79 Å². The summed E-state index contributed by atoms with van der Waals surface area (Å²) in [7, 11) is 0. The number of ether oxygens (including phenoxy) is 1. The van der Waals surface area contributed by atoms with E-state index in [2.05, 4.69) is 10.3 Å². The lowest BCUT2D eigenvalue weighted by atomic mass is 10.3. The summed E-state index contributed by atoms with van der Waals surface area (Å²) in [6, 6.07) is 1.74. The van der Waals surface area contributed by atoms with Crippen LogP contribution in [0.3, 0.4) is 0 Å². The van der Waals surface area contributed by atoms with Crippen LogP contribution in [0.25, 0.3) is 0 Å². The molecule has 1 atom stereocenters. The first-order valence-electron chi connectivity index (χ1n) is 3.66. The molecule has 0 aromatic carbocycles.